The summed E-state index contributed by atoms with van der Waals surface area (Å²) in [7, 11) is 1.49. The van der Waals surface area contributed by atoms with Crippen molar-refractivity contribution in [1.29, 1.82) is 0 Å². The number of halogens is 1. The molecule has 0 unspecified atom stereocenters. The molecular formula is C19H15FN6O3. The van der Waals surface area contributed by atoms with Crippen molar-refractivity contribution in [3.63, 3.8) is 0 Å². The monoisotopic (exact) mass is 394 g/mol. The first-order valence-electron chi connectivity index (χ1n) is 8.43. The Morgan fingerprint density at radius 1 is 1.21 bits per heavy atom. The van der Waals surface area contributed by atoms with Gasteiger partial charge in [0.1, 0.15) is 22.8 Å². The van der Waals surface area contributed by atoms with Crippen LogP contribution in [-0.2, 0) is 0 Å². The van der Waals surface area contributed by atoms with Gasteiger partial charge in [-0.15, -0.1) is 0 Å². The van der Waals surface area contributed by atoms with E-state index in [0.717, 1.165) is 0 Å². The largest absolute Gasteiger partial charge is 0.495 e. The predicted octanol–water partition coefficient (Wildman–Crippen LogP) is 2.02. The molecular weight excluding hydrogens is 379 g/mol. The van der Waals surface area contributed by atoms with E-state index in [-0.39, 0.29) is 28.5 Å². The molecule has 0 saturated heterocycles. The van der Waals surface area contributed by atoms with Crippen molar-refractivity contribution in [2.45, 2.75) is 0 Å². The van der Waals surface area contributed by atoms with Crippen LogP contribution in [0.1, 0.15) is 5.69 Å². The van der Waals surface area contributed by atoms with E-state index < -0.39 is 11.5 Å². The number of nitrogens with two attached hydrogens (primary N) is 1. The third-order valence-corrected chi connectivity index (χ3v) is 4.32. The van der Waals surface area contributed by atoms with E-state index in [4.69, 9.17) is 15.7 Å². The number of hydrogen-bond donors (Lipinski definition) is 3. The maximum atomic E-state index is 13.3. The molecule has 0 atom stereocenters. The highest BCUT2D eigenvalue weighted by molar-refractivity contribution is 6.05. The fourth-order valence-electron chi connectivity index (χ4n) is 2.98. The number of oxime groups is 1. The summed E-state index contributed by atoms with van der Waals surface area (Å²) in [6.45, 7) is 0. The number of nitrogens with zero attached hydrogens (tertiary/aromatic N) is 4. The summed E-state index contributed by atoms with van der Waals surface area (Å²) in [5, 5.41) is 12.1. The molecule has 4 aromatic rings. The molecule has 4 N–H and O–H groups in total. The number of benzene rings is 2. The summed E-state index contributed by atoms with van der Waals surface area (Å²) < 4.78 is 20.0. The van der Waals surface area contributed by atoms with Crippen LogP contribution in [-0.4, -0.2) is 37.7 Å². The lowest BCUT2D eigenvalue weighted by Gasteiger charge is -2.10. The van der Waals surface area contributed by atoms with Crippen molar-refractivity contribution in [2.75, 3.05) is 7.11 Å². The molecule has 4 rings (SSSR count). The average molecular weight is 394 g/mol. The predicted molar refractivity (Wildman–Crippen MR) is 104 cm³/mol. The smallest absolute Gasteiger partial charge is 0.332 e. The highest BCUT2D eigenvalue weighted by Gasteiger charge is 2.21. The molecule has 2 aromatic heterocycles. The maximum Gasteiger partial charge on any atom is 0.332 e. The first-order valence-corrected chi connectivity index (χ1v) is 8.43. The fourth-order valence-corrected chi connectivity index (χ4v) is 2.98. The van der Waals surface area contributed by atoms with E-state index in [9.17, 15) is 9.18 Å². The second-order valence-electron chi connectivity index (χ2n) is 6.02. The number of para-hydroxylation sites is 2. The molecule has 10 heteroatoms. The number of rotatable bonds is 4. The number of methoxy groups -OCH3 is 1. The number of nitrogens with one attached hydrogen (secondary N) is 1. The Labute approximate surface area is 162 Å². The van der Waals surface area contributed by atoms with Gasteiger partial charge in [0.05, 0.1) is 12.8 Å². The van der Waals surface area contributed by atoms with Gasteiger partial charge in [0.25, 0.3) is 0 Å². The quantitative estimate of drug-likeness (QED) is 0.210. The summed E-state index contributed by atoms with van der Waals surface area (Å²) in [5.41, 5.74) is 6.60. The highest BCUT2D eigenvalue weighted by Crippen LogP contribution is 2.26. The molecule has 0 fully saturated rings. The summed E-state index contributed by atoms with van der Waals surface area (Å²) >= 11 is 0. The number of aromatic amines is 1. The fraction of sp³-hybridized carbons (Fsp3) is 0.0526. The molecule has 29 heavy (non-hydrogen) atoms. The Morgan fingerprint density at radius 2 is 1.93 bits per heavy atom. The Hall–Kier alpha value is -4.21. The molecule has 9 nitrogen and oxygen atoms in total. The third-order valence-electron chi connectivity index (χ3n) is 4.32. The van der Waals surface area contributed by atoms with Gasteiger partial charge >= 0.3 is 5.69 Å². The lowest BCUT2D eigenvalue weighted by Crippen LogP contribution is -2.17. The lowest BCUT2D eigenvalue weighted by molar-refractivity contribution is 0.318. The van der Waals surface area contributed by atoms with E-state index in [2.05, 4.69) is 20.1 Å². The van der Waals surface area contributed by atoms with Crippen molar-refractivity contribution in [2.24, 2.45) is 10.9 Å². The van der Waals surface area contributed by atoms with Gasteiger partial charge in [-0.1, -0.05) is 17.3 Å². The van der Waals surface area contributed by atoms with Crippen molar-refractivity contribution >= 4 is 17.0 Å². The van der Waals surface area contributed by atoms with Gasteiger partial charge in [0.15, 0.2) is 17.3 Å². The summed E-state index contributed by atoms with van der Waals surface area (Å²) in [5.74, 6) is -0.113. The SMILES string of the molecule is COc1ccccc1-n1c(=O)[nH]c2c(/C(N)=N\O)nc(-c3ccc(F)cc3)nc21. The molecule has 0 saturated carbocycles. The number of hydrogen-bond acceptors (Lipinski definition) is 6. The molecule has 0 amide bonds. The van der Waals surface area contributed by atoms with E-state index in [1.54, 1.807) is 24.3 Å². The van der Waals surface area contributed by atoms with Gasteiger partial charge < -0.3 is 20.7 Å². The van der Waals surface area contributed by atoms with Gasteiger partial charge in [-0.3, -0.25) is 0 Å². The van der Waals surface area contributed by atoms with Crippen molar-refractivity contribution in [3.05, 3.63) is 70.5 Å². The van der Waals surface area contributed by atoms with Gasteiger partial charge in [-0.25, -0.2) is 23.7 Å². The minimum atomic E-state index is -0.512. The van der Waals surface area contributed by atoms with Gasteiger partial charge in [-0.05, 0) is 36.4 Å². The van der Waals surface area contributed by atoms with Crippen molar-refractivity contribution in [3.8, 4) is 22.8 Å². The van der Waals surface area contributed by atoms with Crippen LogP contribution in [0, 0.1) is 5.82 Å². The minimum absolute atomic E-state index is 0.0302. The Balaban J connectivity index is 2.09. The molecule has 0 radical (unpaired) electrons. The summed E-state index contributed by atoms with van der Waals surface area (Å²) in [6.07, 6.45) is 0. The molecule has 0 aliphatic carbocycles. The number of ether oxygens (including phenoxy) is 1. The van der Waals surface area contributed by atoms with E-state index in [1.165, 1.54) is 35.9 Å². The standard InChI is InChI=1S/C19H15FN6O3/c1-29-13-5-3-2-4-12(13)26-18-15(23-19(26)27)14(16(21)25-28)22-17(24-18)10-6-8-11(20)9-7-10/h2-9,28H,1H3,(H2,21,25)(H,23,27). The van der Waals surface area contributed by atoms with E-state index in [0.29, 0.717) is 17.0 Å². The number of amidine groups is 1. The van der Waals surface area contributed by atoms with E-state index in [1.807, 2.05) is 0 Å². The molecule has 2 heterocycles. The van der Waals surface area contributed by atoms with Crippen LogP contribution in [0.3, 0.4) is 0 Å². The van der Waals surface area contributed by atoms with Crippen LogP contribution < -0.4 is 16.2 Å². The topological polar surface area (TPSA) is 131 Å². The molecule has 146 valence electrons. The molecule has 0 spiro atoms. The van der Waals surface area contributed by atoms with Gasteiger partial charge in [0.2, 0.25) is 0 Å². The first-order chi connectivity index (χ1) is 14.0. The van der Waals surface area contributed by atoms with Crippen molar-refractivity contribution < 1.29 is 14.3 Å². The molecule has 0 bridgehead atoms. The Bertz CT molecular complexity index is 1290. The van der Waals surface area contributed by atoms with Crippen LogP contribution in [0.2, 0.25) is 0 Å². The number of H-pyrrole nitrogens is 1. The molecule has 0 aliphatic heterocycles. The Kier molecular flexibility index (Phi) is 4.43. The van der Waals surface area contributed by atoms with Crippen molar-refractivity contribution in [1.82, 2.24) is 19.5 Å². The van der Waals surface area contributed by atoms with Crippen LogP contribution in [0.5, 0.6) is 5.75 Å². The Morgan fingerprint density at radius 3 is 2.62 bits per heavy atom. The van der Waals surface area contributed by atoms with Gasteiger partial charge in [0, 0.05) is 5.56 Å². The zero-order valence-electron chi connectivity index (χ0n) is 15.1. The summed E-state index contributed by atoms with van der Waals surface area (Å²) in [6, 6.07) is 12.4. The first kappa shape index (κ1) is 18.2. The molecule has 0 aliphatic rings. The number of imidazole rings is 1. The second kappa shape index (κ2) is 7.08. The average Bonchev–Trinajstić information content (AvgIpc) is 3.08. The number of fused-ring (bicyclic) bond motifs is 1. The normalized spacial score (nSPS) is 11.7. The molecule has 2 aromatic carbocycles. The van der Waals surface area contributed by atoms with Crippen LogP contribution in [0.4, 0.5) is 4.39 Å². The number of aromatic nitrogens is 4. The van der Waals surface area contributed by atoms with E-state index >= 15 is 0 Å². The third kappa shape index (κ3) is 3.06. The highest BCUT2D eigenvalue weighted by atomic mass is 19.1. The summed E-state index contributed by atoms with van der Waals surface area (Å²) in [4.78, 5) is 24.2. The maximum absolute atomic E-state index is 13.3. The van der Waals surface area contributed by atoms with Gasteiger partial charge in [-0.2, -0.15) is 0 Å². The van der Waals surface area contributed by atoms with Crippen LogP contribution in [0.25, 0.3) is 28.2 Å². The second-order valence-corrected chi connectivity index (χ2v) is 6.02. The lowest BCUT2D eigenvalue weighted by atomic mass is 10.2. The zero-order valence-corrected chi connectivity index (χ0v) is 15.1. The minimum Gasteiger partial charge on any atom is -0.495 e. The zero-order chi connectivity index (χ0) is 20.5. The van der Waals surface area contributed by atoms with Crippen LogP contribution in [0.15, 0.2) is 58.5 Å². The van der Waals surface area contributed by atoms with Crippen LogP contribution >= 0.6 is 0 Å².